The van der Waals surface area contributed by atoms with Crippen LogP contribution >= 0.6 is 0 Å². The molecule has 0 heterocycles. The van der Waals surface area contributed by atoms with E-state index in [0.717, 1.165) is 5.69 Å². The molecule has 0 aliphatic heterocycles. The molecule has 4 aromatic rings. The van der Waals surface area contributed by atoms with Crippen LogP contribution in [0.5, 0.6) is 0 Å². The Hall–Kier alpha value is -5.18. The third-order valence-electron chi connectivity index (χ3n) is 5.69. The lowest BCUT2D eigenvalue weighted by atomic mass is 9.99. The van der Waals surface area contributed by atoms with Crippen LogP contribution in [0.2, 0.25) is 0 Å². The maximum absolute atomic E-state index is 13.3. The molecule has 38 heavy (non-hydrogen) atoms. The van der Waals surface area contributed by atoms with Crippen molar-refractivity contribution in [3.8, 4) is 0 Å². The van der Waals surface area contributed by atoms with Crippen molar-refractivity contribution in [3.63, 3.8) is 0 Å². The standard InChI is InChI=1S/C29H24N4O5/c1-32(2)23-18-14-22(15-19-23)30-31-26-11-7-6-10-25(26)29(35)38-28(27(34)20-8-4-3-5-9-20)21-12-16-24(17-13-21)33(36)37/h3-19,28H,1-2H3/t28-/m1/s1. The second-order valence-corrected chi connectivity index (χ2v) is 8.49. The lowest BCUT2D eigenvalue weighted by molar-refractivity contribution is -0.384. The van der Waals surface area contributed by atoms with Crippen LogP contribution in [0.4, 0.5) is 22.7 Å². The van der Waals surface area contributed by atoms with Crippen molar-refractivity contribution in [1.29, 1.82) is 0 Å². The highest BCUT2D eigenvalue weighted by atomic mass is 16.6. The van der Waals surface area contributed by atoms with E-state index in [4.69, 9.17) is 4.74 Å². The summed E-state index contributed by atoms with van der Waals surface area (Å²) in [6, 6.07) is 27.6. The molecule has 0 spiro atoms. The summed E-state index contributed by atoms with van der Waals surface area (Å²) in [7, 11) is 3.87. The minimum absolute atomic E-state index is 0.119. The topological polar surface area (TPSA) is 114 Å². The minimum Gasteiger partial charge on any atom is -0.445 e. The Bertz CT molecular complexity index is 1470. The van der Waals surface area contributed by atoms with Gasteiger partial charge < -0.3 is 9.64 Å². The van der Waals surface area contributed by atoms with Crippen LogP contribution in [0.15, 0.2) is 113 Å². The Morgan fingerprint density at radius 3 is 2.08 bits per heavy atom. The Balaban J connectivity index is 1.62. The number of anilines is 1. The number of esters is 1. The van der Waals surface area contributed by atoms with Gasteiger partial charge in [0.25, 0.3) is 5.69 Å². The molecule has 0 N–H and O–H groups in total. The highest BCUT2D eigenvalue weighted by Crippen LogP contribution is 2.29. The van der Waals surface area contributed by atoms with Gasteiger partial charge in [-0.3, -0.25) is 14.9 Å². The van der Waals surface area contributed by atoms with Crippen molar-refractivity contribution in [2.24, 2.45) is 10.2 Å². The lowest BCUT2D eigenvalue weighted by Crippen LogP contribution is -2.20. The van der Waals surface area contributed by atoms with Crippen LogP contribution in [0.3, 0.4) is 0 Å². The number of ketones is 1. The van der Waals surface area contributed by atoms with Gasteiger partial charge in [-0.25, -0.2) is 4.79 Å². The molecule has 0 saturated heterocycles. The SMILES string of the molecule is CN(C)c1ccc(N=Nc2ccccc2C(=O)O[C@@H](C(=O)c2ccccc2)c2ccc([N+](=O)[O-])cc2)cc1. The third kappa shape index (κ3) is 6.14. The van der Waals surface area contributed by atoms with Gasteiger partial charge in [-0.15, -0.1) is 5.11 Å². The fourth-order valence-corrected chi connectivity index (χ4v) is 3.63. The molecule has 0 aliphatic rings. The van der Waals surface area contributed by atoms with Gasteiger partial charge >= 0.3 is 5.97 Å². The van der Waals surface area contributed by atoms with Gasteiger partial charge in [-0.2, -0.15) is 5.11 Å². The minimum atomic E-state index is -1.32. The number of non-ortho nitro benzene ring substituents is 1. The number of hydrogen-bond donors (Lipinski definition) is 0. The monoisotopic (exact) mass is 508 g/mol. The highest BCUT2D eigenvalue weighted by Gasteiger charge is 2.28. The molecule has 0 radical (unpaired) electrons. The number of nitrogens with zero attached hydrogens (tertiary/aromatic N) is 4. The number of rotatable bonds is 9. The summed E-state index contributed by atoms with van der Waals surface area (Å²) in [4.78, 5) is 39.1. The number of benzene rings is 4. The molecule has 0 bridgehead atoms. The maximum atomic E-state index is 13.3. The van der Waals surface area contributed by atoms with Crippen molar-refractivity contribution in [2.75, 3.05) is 19.0 Å². The van der Waals surface area contributed by atoms with Gasteiger partial charge in [0.05, 0.1) is 16.2 Å². The van der Waals surface area contributed by atoms with Crippen LogP contribution in [0, 0.1) is 10.1 Å². The van der Waals surface area contributed by atoms with E-state index >= 15 is 0 Å². The molecular weight excluding hydrogens is 484 g/mol. The molecule has 0 amide bonds. The number of hydrogen-bond acceptors (Lipinski definition) is 8. The molecule has 190 valence electrons. The Morgan fingerprint density at radius 1 is 0.816 bits per heavy atom. The Labute approximate surface area is 219 Å². The first-order valence-electron chi connectivity index (χ1n) is 11.7. The zero-order chi connectivity index (χ0) is 27.1. The van der Waals surface area contributed by atoms with E-state index in [1.54, 1.807) is 48.5 Å². The van der Waals surface area contributed by atoms with Crippen molar-refractivity contribution in [2.45, 2.75) is 6.10 Å². The average molecular weight is 509 g/mol. The van der Waals surface area contributed by atoms with E-state index in [0.29, 0.717) is 16.8 Å². The van der Waals surface area contributed by atoms with E-state index in [1.165, 1.54) is 30.3 Å². The van der Waals surface area contributed by atoms with Crippen molar-refractivity contribution in [1.82, 2.24) is 0 Å². The van der Waals surface area contributed by atoms with Gasteiger partial charge in [0.2, 0.25) is 5.78 Å². The average Bonchev–Trinajstić information content (AvgIpc) is 2.95. The van der Waals surface area contributed by atoms with E-state index in [1.807, 2.05) is 43.3 Å². The first-order chi connectivity index (χ1) is 18.3. The van der Waals surface area contributed by atoms with Crippen LogP contribution in [-0.4, -0.2) is 30.8 Å². The predicted molar refractivity (Wildman–Crippen MR) is 143 cm³/mol. The second-order valence-electron chi connectivity index (χ2n) is 8.49. The van der Waals surface area contributed by atoms with E-state index < -0.39 is 22.8 Å². The summed E-state index contributed by atoms with van der Waals surface area (Å²) in [5.41, 5.74) is 2.49. The predicted octanol–water partition coefficient (Wildman–Crippen LogP) is 6.86. The number of nitro groups is 1. The molecule has 4 aromatic carbocycles. The number of Topliss-reactive ketones (excluding diaryl/α,β-unsaturated/α-hetero) is 1. The molecule has 0 fully saturated rings. The maximum Gasteiger partial charge on any atom is 0.341 e. The summed E-state index contributed by atoms with van der Waals surface area (Å²) >= 11 is 0. The first kappa shape index (κ1) is 25.9. The molecule has 9 nitrogen and oxygen atoms in total. The zero-order valence-electron chi connectivity index (χ0n) is 20.7. The Morgan fingerprint density at radius 2 is 1.45 bits per heavy atom. The molecular formula is C29H24N4O5. The second kappa shape index (κ2) is 11.7. The number of ether oxygens (including phenoxy) is 1. The van der Waals surface area contributed by atoms with Crippen molar-refractivity contribution >= 4 is 34.5 Å². The van der Waals surface area contributed by atoms with E-state index in [-0.39, 0.29) is 16.9 Å². The lowest BCUT2D eigenvalue weighted by Gasteiger charge is -2.18. The summed E-state index contributed by atoms with van der Waals surface area (Å²) in [5.74, 6) is -1.25. The molecule has 0 aliphatic carbocycles. The molecule has 0 unspecified atom stereocenters. The van der Waals surface area contributed by atoms with E-state index in [9.17, 15) is 19.7 Å². The molecule has 0 aromatic heterocycles. The quantitative estimate of drug-likeness (QED) is 0.0802. The summed E-state index contributed by atoms with van der Waals surface area (Å²) < 4.78 is 5.71. The number of carbonyl (C=O) groups excluding carboxylic acids is 2. The molecule has 0 saturated carbocycles. The van der Waals surface area contributed by atoms with Crippen LogP contribution in [-0.2, 0) is 4.74 Å². The summed E-state index contributed by atoms with van der Waals surface area (Å²) in [6.07, 6.45) is -1.32. The Kier molecular flexibility index (Phi) is 7.98. The van der Waals surface area contributed by atoms with Crippen molar-refractivity contribution in [3.05, 3.63) is 130 Å². The molecule has 4 rings (SSSR count). The van der Waals surface area contributed by atoms with E-state index in [2.05, 4.69) is 10.2 Å². The first-order valence-corrected chi connectivity index (χ1v) is 11.7. The highest BCUT2D eigenvalue weighted by molar-refractivity contribution is 6.03. The number of nitro benzene ring substituents is 1. The molecule has 1 atom stereocenters. The van der Waals surface area contributed by atoms with Crippen molar-refractivity contribution < 1.29 is 19.2 Å². The fourth-order valence-electron chi connectivity index (χ4n) is 3.63. The van der Waals surface area contributed by atoms with Gasteiger partial charge in [0, 0.05) is 43.0 Å². The van der Waals surface area contributed by atoms with Gasteiger partial charge in [-0.05, 0) is 48.5 Å². The number of azo groups is 1. The van der Waals surface area contributed by atoms with Crippen LogP contribution in [0.25, 0.3) is 0 Å². The third-order valence-corrected chi connectivity index (χ3v) is 5.69. The van der Waals surface area contributed by atoms with Crippen LogP contribution in [0.1, 0.15) is 32.4 Å². The van der Waals surface area contributed by atoms with Gasteiger partial charge in [-0.1, -0.05) is 42.5 Å². The normalized spacial score (nSPS) is 11.6. The number of carbonyl (C=O) groups is 2. The largest absolute Gasteiger partial charge is 0.445 e. The molecule has 9 heteroatoms. The van der Waals surface area contributed by atoms with Gasteiger partial charge in [0.15, 0.2) is 6.10 Å². The summed E-state index contributed by atoms with van der Waals surface area (Å²) in [6.45, 7) is 0. The van der Waals surface area contributed by atoms with Crippen LogP contribution < -0.4 is 4.90 Å². The zero-order valence-corrected chi connectivity index (χ0v) is 20.7. The summed E-state index contributed by atoms with van der Waals surface area (Å²) in [5, 5.41) is 19.6. The smallest absolute Gasteiger partial charge is 0.341 e. The fraction of sp³-hybridized carbons (Fsp3) is 0.103. The van der Waals surface area contributed by atoms with Gasteiger partial charge in [0.1, 0.15) is 5.69 Å².